The maximum atomic E-state index is 13.2. The molecule has 178 valence electrons. The molecule has 0 saturated carbocycles. The number of esters is 1. The first-order valence-corrected chi connectivity index (χ1v) is 10.7. The van der Waals surface area contributed by atoms with Gasteiger partial charge in [-0.25, -0.2) is 17.9 Å². The lowest BCUT2D eigenvalue weighted by atomic mass is 10.1. The molecule has 2 aromatic rings. The van der Waals surface area contributed by atoms with Crippen molar-refractivity contribution in [1.82, 2.24) is 4.72 Å². The summed E-state index contributed by atoms with van der Waals surface area (Å²) < 4.78 is 70.9. The molecule has 0 spiro atoms. The van der Waals surface area contributed by atoms with Gasteiger partial charge in [0.1, 0.15) is 0 Å². The Hall–Kier alpha value is -3.52. The maximum absolute atomic E-state index is 13.2. The summed E-state index contributed by atoms with van der Waals surface area (Å²) in [5.74, 6) is -2.22. The van der Waals surface area contributed by atoms with Crippen molar-refractivity contribution >= 4 is 33.3 Å². The third-order valence-corrected chi connectivity index (χ3v) is 5.74. The van der Waals surface area contributed by atoms with Gasteiger partial charge in [-0.15, -0.1) is 0 Å². The molecule has 0 unspecified atom stereocenters. The molecule has 0 atom stereocenters. The first-order chi connectivity index (χ1) is 15.3. The zero-order valence-corrected chi connectivity index (χ0v) is 18.0. The highest BCUT2D eigenvalue weighted by molar-refractivity contribution is 7.89. The zero-order chi connectivity index (χ0) is 25.0. The average molecular weight is 489 g/mol. The summed E-state index contributed by atoms with van der Waals surface area (Å²) in [5.41, 5.74) is -2.86. The molecule has 0 saturated heterocycles. The van der Waals surface area contributed by atoms with E-state index in [4.69, 9.17) is 4.74 Å². The van der Waals surface area contributed by atoms with Gasteiger partial charge in [0.2, 0.25) is 10.0 Å². The van der Waals surface area contributed by atoms with Crippen LogP contribution >= 0.6 is 0 Å². The number of alkyl halides is 3. The molecule has 14 heteroatoms. The molecule has 0 aliphatic heterocycles. The zero-order valence-electron chi connectivity index (χ0n) is 17.2. The monoisotopic (exact) mass is 489 g/mol. The van der Waals surface area contributed by atoms with Crippen LogP contribution in [-0.4, -0.2) is 38.4 Å². The molecule has 0 aromatic heterocycles. The van der Waals surface area contributed by atoms with E-state index in [9.17, 15) is 41.3 Å². The number of halogens is 3. The largest absolute Gasteiger partial charge is 0.452 e. The van der Waals surface area contributed by atoms with E-state index >= 15 is 0 Å². The van der Waals surface area contributed by atoms with Gasteiger partial charge in [-0.05, 0) is 30.7 Å². The van der Waals surface area contributed by atoms with Crippen molar-refractivity contribution in [2.45, 2.75) is 24.9 Å². The number of aryl methyl sites for hydroxylation is 1. The number of nitrogens with zero attached hydrogens (tertiary/aromatic N) is 1. The number of benzene rings is 2. The number of carbonyl (C=O) groups is 2. The Morgan fingerprint density at radius 2 is 1.82 bits per heavy atom. The van der Waals surface area contributed by atoms with E-state index in [1.807, 2.05) is 5.32 Å². The summed E-state index contributed by atoms with van der Waals surface area (Å²) >= 11 is 0. The quantitative estimate of drug-likeness (QED) is 0.329. The average Bonchev–Trinajstić information content (AvgIpc) is 2.71. The minimum atomic E-state index is -5.00. The number of nitro benzene ring substituents is 1. The highest BCUT2D eigenvalue weighted by Gasteiger charge is 2.35. The molecule has 0 aliphatic carbocycles. The highest BCUT2D eigenvalue weighted by Crippen LogP contribution is 2.37. The second kappa shape index (κ2) is 9.95. The lowest BCUT2D eigenvalue weighted by Crippen LogP contribution is -2.24. The number of amides is 1. The Labute approximate surface area is 185 Å². The van der Waals surface area contributed by atoms with Crippen molar-refractivity contribution in [3.05, 3.63) is 63.2 Å². The summed E-state index contributed by atoms with van der Waals surface area (Å²) in [5, 5.41) is 12.6. The van der Waals surface area contributed by atoms with Crippen molar-refractivity contribution in [2.75, 3.05) is 18.5 Å². The number of ether oxygens (including phenoxy) is 1. The number of hydrogen-bond donors (Lipinski definition) is 2. The molecule has 0 bridgehead atoms. The van der Waals surface area contributed by atoms with Gasteiger partial charge in [-0.2, -0.15) is 13.2 Å². The SMILES string of the molecule is CCNS(=O)(=O)c1ccc(C)c(C(=O)OCC(=O)Nc2ccc([N+](=O)[O-])cc2C(F)(F)F)c1. The van der Waals surface area contributed by atoms with Crippen LogP contribution in [0.15, 0.2) is 41.3 Å². The van der Waals surface area contributed by atoms with E-state index in [2.05, 4.69) is 4.72 Å². The third kappa shape index (κ3) is 6.49. The van der Waals surface area contributed by atoms with Crippen LogP contribution in [0.3, 0.4) is 0 Å². The van der Waals surface area contributed by atoms with E-state index in [1.165, 1.54) is 19.1 Å². The third-order valence-electron chi connectivity index (χ3n) is 4.20. The number of carbonyl (C=O) groups excluding carboxylic acids is 2. The van der Waals surface area contributed by atoms with Crippen molar-refractivity contribution in [3.63, 3.8) is 0 Å². The lowest BCUT2D eigenvalue weighted by molar-refractivity contribution is -0.385. The van der Waals surface area contributed by atoms with Gasteiger partial charge in [0.05, 0.1) is 26.6 Å². The first kappa shape index (κ1) is 25.7. The molecule has 10 nitrogen and oxygen atoms in total. The molecular weight excluding hydrogens is 471 g/mol. The van der Waals surface area contributed by atoms with Gasteiger partial charge < -0.3 is 10.1 Å². The summed E-state index contributed by atoms with van der Waals surface area (Å²) in [6.07, 6.45) is -5.00. The molecule has 0 heterocycles. The summed E-state index contributed by atoms with van der Waals surface area (Å²) in [7, 11) is -3.88. The molecule has 2 aromatic carbocycles. The molecule has 0 fully saturated rings. The van der Waals surface area contributed by atoms with Crippen LogP contribution in [0, 0.1) is 17.0 Å². The number of sulfonamides is 1. The van der Waals surface area contributed by atoms with Crippen LogP contribution in [0.4, 0.5) is 24.5 Å². The van der Waals surface area contributed by atoms with Crippen molar-refractivity contribution in [2.24, 2.45) is 0 Å². The van der Waals surface area contributed by atoms with Crippen LogP contribution in [0.5, 0.6) is 0 Å². The van der Waals surface area contributed by atoms with Crippen molar-refractivity contribution < 1.29 is 40.8 Å². The topological polar surface area (TPSA) is 145 Å². The Kier molecular flexibility index (Phi) is 7.76. The minimum absolute atomic E-state index is 0.110. The van der Waals surface area contributed by atoms with E-state index in [1.54, 1.807) is 6.92 Å². The predicted octanol–water partition coefficient (Wildman–Crippen LogP) is 3.02. The first-order valence-electron chi connectivity index (χ1n) is 9.19. The molecule has 2 N–H and O–H groups in total. The van der Waals surface area contributed by atoms with Gasteiger partial charge in [0.15, 0.2) is 6.61 Å². The number of nitro groups is 1. The Morgan fingerprint density at radius 3 is 2.39 bits per heavy atom. The van der Waals surface area contributed by atoms with Crippen LogP contribution in [0.1, 0.15) is 28.4 Å². The van der Waals surface area contributed by atoms with Crippen molar-refractivity contribution in [3.8, 4) is 0 Å². The Bertz CT molecular complexity index is 1200. The van der Waals surface area contributed by atoms with Crippen LogP contribution < -0.4 is 10.0 Å². The number of anilines is 1. The number of rotatable bonds is 8. The molecule has 33 heavy (non-hydrogen) atoms. The van der Waals surface area contributed by atoms with E-state index in [0.717, 1.165) is 12.1 Å². The van der Waals surface area contributed by atoms with E-state index in [0.29, 0.717) is 11.6 Å². The summed E-state index contributed by atoms with van der Waals surface area (Å²) in [6.45, 7) is 2.18. The fourth-order valence-electron chi connectivity index (χ4n) is 2.65. The predicted molar refractivity (Wildman–Crippen MR) is 109 cm³/mol. The van der Waals surface area contributed by atoms with Gasteiger partial charge >= 0.3 is 12.1 Å². The lowest BCUT2D eigenvalue weighted by Gasteiger charge is -2.14. The molecule has 0 radical (unpaired) electrons. The molecule has 1 amide bonds. The van der Waals surface area contributed by atoms with Crippen LogP contribution in [-0.2, 0) is 25.7 Å². The van der Waals surface area contributed by atoms with Gasteiger partial charge in [0.25, 0.3) is 11.6 Å². The van der Waals surface area contributed by atoms with E-state index < -0.39 is 56.5 Å². The second-order valence-electron chi connectivity index (χ2n) is 6.59. The Balaban J connectivity index is 2.16. The van der Waals surface area contributed by atoms with Crippen LogP contribution in [0.2, 0.25) is 0 Å². The molecule has 2 rings (SSSR count). The Morgan fingerprint density at radius 1 is 1.15 bits per heavy atom. The van der Waals surface area contributed by atoms with Gasteiger partial charge in [0, 0.05) is 18.7 Å². The van der Waals surface area contributed by atoms with Crippen LogP contribution in [0.25, 0.3) is 0 Å². The number of non-ortho nitro benzene ring substituents is 1. The van der Waals surface area contributed by atoms with Gasteiger partial charge in [-0.1, -0.05) is 13.0 Å². The molecular formula is C19H18F3N3O7S. The fourth-order valence-corrected chi connectivity index (χ4v) is 3.71. The summed E-state index contributed by atoms with van der Waals surface area (Å²) in [6, 6.07) is 5.42. The summed E-state index contributed by atoms with van der Waals surface area (Å²) in [4.78, 5) is 33.9. The standard InChI is InChI=1S/C19H18F3N3O7S/c1-3-23-33(30,31)13-6-4-11(2)14(9-13)18(27)32-10-17(26)24-16-7-5-12(25(28)29)8-15(16)19(20,21)22/h4-9,23H,3,10H2,1-2H3,(H,24,26). The van der Waals surface area contributed by atoms with Crippen molar-refractivity contribution in [1.29, 1.82) is 0 Å². The fraction of sp³-hybridized carbons (Fsp3) is 0.263. The smallest absolute Gasteiger partial charge is 0.418 e. The number of nitrogens with one attached hydrogen (secondary N) is 2. The normalized spacial score (nSPS) is 11.7. The van der Waals surface area contributed by atoms with E-state index in [-0.39, 0.29) is 23.1 Å². The molecule has 0 aliphatic rings. The number of hydrogen-bond acceptors (Lipinski definition) is 7. The second-order valence-corrected chi connectivity index (χ2v) is 8.35. The van der Waals surface area contributed by atoms with Gasteiger partial charge in [-0.3, -0.25) is 14.9 Å². The highest BCUT2D eigenvalue weighted by atomic mass is 32.2. The minimum Gasteiger partial charge on any atom is -0.452 e. The maximum Gasteiger partial charge on any atom is 0.418 e.